The zero-order valence-electron chi connectivity index (χ0n) is 12.7. The number of hydrogen-bond donors (Lipinski definition) is 1. The monoisotopic (exact) mass is 299 g/mol. The molecule has 2 heterocycles. The number of nitrogens with zero attached hydrogens (tertiary/aromatic N) is 3. The lowest BCUT2D eigenvalue weighted by molar-refractivity contribution is 0.0695. The fourth-order valence-electron chi connectivity index (χ4n) is 3.31. The lowest BCUT2D eigenvalue weighted by Crippen LogP contribution is -2.38. The van der Waals surface area contributed by atoms with Crippen molar-refractivity contribution in [3.05, 3.63) is 48.5 Å². The summed E-state index contributed by atoms with van der Waals surface area (Å²) >= 11 is 0. The van der Waals surface area contributed by atoms with E-state index in [4.69, 9.17) is 0 Å². The summed E-state index contributed by atoms with van der Waals surface area (Å²) in [6.45, 7) is 2.94. The van der Waals surface area contributed by atoms with Crippen LogP contribution in [0.15, 0.2) is 43.0 Å². The Kier molecular flexibility index (Phi) is 4.24. The van der Waals surface area contributed by atoms with Crippen LogP contribution in [0.2, 0.25) is 0 Å². The SMILES string of the molecule is CCC1C(CO)CCN1C(=O)c1cccc(-n2ccnc2)c1. The molecule has 22 heavy (non-hydrogen) atoms. The van der Waals surface area contributed by atoms with E-state index in [2.05, 4.69) is 11.9 Å². The fraction of sp³-hybridized carbons (Fsp3) is 0.412. The summed E-state index contributed by atoms with van der Waals surface area (Å²) in [6, 6.07) is 7.72. The lowest BCUT2D eigenvalue weighted by Gasteiger charge is -2.26. The molecule has 2 aromatic rings. The van der Waals surface area contributed by atoms with Crippen molar-refractivity contribution in [3.8, 4) is 5.69 Å². The standard InChI is InChI=1S/C17H21N3O2/c1-2-16-14(11-21)6-8-20(16)17(22)13-4-3-5-15(10-13)19-9-7-18-12-19/h3-5,7,9-10,12,14,16,21H,2,6,8,11H2,1H3. The summed E-state index contributed by atoms with van der Waals surface area (Å²) in [6.07, 6.45) is 7.04. The zero-order valence-corrected chi connectivity index (χ0v) is 12.7. The van der Waals surface area contributed by atoms with Gasteiger partial charge in [0.15, 0.2) is 0 Å². The van der Waals surface area contributed by atoms with Crippen molar-refractivity contribution in [1.82, 2.24) is 14.5 Å². The molecule has 5 nitrogen and oxygen atoms in total. The minimum absolute atomic E-state index is 0.0461. The second kappa shape index (κ2) is 6.32. The zero-order chi connectivity index (χ0) is 15.5. The molecule has 116 valence electrons. The Hall–Kier alpha value is -2.14. The van der Waals surface area contributed by atoms with Gasteiger partial charge in [-0.2, -0.15) is 0 Å². The molecule has 1 saturated heterocycles. The van der Waals surface area contributed by atoms with Crippen LogP contribution in [0.25, 0.3) is 5.69 Å². The van der Waals surface area contributed by atoms with Gasteiger partial charge in [0, 0.05) is 48.8 Å². The van der Waals surface area contributed by atoms with Crippen LogP contribution in [0.5, 0.6) is 0 Å². The largest absolute Gasteiger partial charge is 0.396 e. The number of benzene rings is 1. The Morgan fingerprint density at radius 2 is 2.32 bits per heavy atom. The number of imidazole rings is 1. The highest BCUT2D eigenvalue weighted by molar-refractivity contribution is 5.95. The third-order valence-corrected chi connectivity index (χ3v) is 4.49. The van der Waals surface area contributed by atoms with E-state index in [1.54, 1.807) is 12.5 Å². The average Bonchev–Trinajstić information content (AvgIpc) is 3.23. The highest BCUT2D eigenvalue weighted by Crippen LogP contribution is 2.28. The molecular formula is C17H21N3O2. The van der Waals surface area contributed by atoms with Gasteiger partial charge in [-0.25, -0.2) is 4.98 Å². The number of hydrogen-bond acceptors (Lipinski definition) is 3. The van der Waals surface area contributed by atoms with Crippen molar-refractivity contribution in [2.75, 3.05) is 13.2 Å². The predicted molar refractivity (Wildman–Crippen MR) is 83.9 cm³/mol. The van der Waals surface area contributed by atoms with E-state index < -0.39 is 0 Å². The molecule has 0 radical (unpaired) electrons. The van der Waals surface area contributed by atoms with E-state index >= 15 is 0 Å². The van der Waals surface area contributed by atoms with E-state index in [0.717, 1.165) is 25.1 Å². The van der Waals surface area contributed by atoms with Crippen LogP contribution < -0.4 is 0 Å². The molecule has 5 heteroatoms. The highest BCUT2D eigenvalue weighted by Gasteiger charge is 2.35. The molecule has 0 saturated carbocycles. The summed E-state index contributed by atoms with van der Waals surface area (Å²) < 4.78 is 1.88. The van der Waals surface area contributed by atoms with E-state index in [9.17, 15) is 9.90 Å². The summed E-state index contributed by atoms with van der Waals surface area (Å²) in [5.74, 6) is 0.246. The van der Waals surface area contributed by atoms with Crippen LogP contribution in [0.4, 0.5) is 0 Å². The quantitative estimate of drug-likeness (QED) is 0.940. The third-order valence-electron chi connectivity index (χ3n) is 4.49. The van der Waals surface area contributed by atoms with Crippen LogP contribution in [0, 0.1) is 5.92 Å². The molecule has 2 atom stereocenters. The number of carbonyl (C=O) groups excluding carboxylic acids is 1. The summed E-state index contributed by atoms with van der Waals surface area (Å²) in [5, 5.41) is 9.46. The molecule has 1 aliphatic rings. The van der Waals surface area contributed by atoms with Gasteiger partial charge in [0.1, 0.15) is 0 Å². The van der Waals surface area contributed by atoms with E-state index in [1.807, 2.05) is 39.9 Å². The minimum atomic E-state index is 0.0461. The van der Waals surface area contributed by atoms with E-state index in [-0.39, 0.29) is 24.5 Å². The first-order valence-corrected chi connectivity index (χ1v) is 7.74. The van der Waals surface area contributed by atoms with Crippen LogP contribution in [0.1, 0.15) is 30.1 Å². The van der Waals surface area contributed by atoms with Crippen LogP contribution in [0.3, 0.4) is 0 Å². The van der Waals surface area contributed by atoms with Crippen molar-refractivity contribution in [3.63, 3.8) is 0 Å². The first-order valence-electron chi connectivity index (χ1n) is 7.74. The number of carbonyl (C=O) groups is 1. The van der Waals surface area contributed by atoms with Gasteiger partial charge in [-0.1, -0.05) is 13.0 Å². The van der Waals surface area contributed by atoms with Crippen molar-refractivity contribution < 1.29 is 9.90 Å². The number of rotatable bonds is 4. The maximum absolute atomic E-state index is 12.8. The van der Waals surface area contributed by atoms with E-state index in [1.165, 1.54) is 0 Å². The molecule has 3 rings (SSSR count). The maximum atomic E-state index is 12.8. The molecule has 1 amide bonds. The first-order chi connectivity index (χ1) is 10.7. The number of likely N-dealkylation sites (tertiary alicyclic amines) is 1. The van der Waals surface area contributed by atoms with Crippen molar-refractivity contribution >= 4 is 5.91 Å². The number of aliphatic hydroxyl groups excluding tert-OH is 1. The van der Waals surface area contributed by atoms with E-state index in [0.29, 0.717) is 5.56 Å². The van der Waals surface area contributed by atoms with Gasteiger partial charge in [0.25, 0.3) is 5.91 Å². The van der Waals surface area contributed by atoms with Gasteiger partial charge >= 0.3 is 0 Å². The molecule has 1 fully saturated rings. The number of aliphatic hydroxyl groups is 1. The van der Waals surface area contributed by atoms with Gasteiger partial charge in [-0.05, 0) is 31.0 Å². The summed E-state index contributed by atoms with van der Waals surface area (Å²) in [4.78, 5) is 18.8. The fourth-order valence-corrected chi connectivity index (χ4v) is 3.31. The van der Waals surface area contributed by atoms with Crippen molar-refractivity contribution in [2.45, 2.75) is 25.8 Å². The smallest absolute Gasteiger partial charge is 0.254 e. The van der Waals surface area contributed by atoms with Gasteiger partial charge < -0.3 is 14.6 Å². The Labute approximate surface area is 130 Å². The summed E-state index contributed by atoms with van der Waals surface area (Å²) in [7, 11) is 0. The number of amides is 1. The minimum Gasteiger partial charge on any atom is -0.396 e. The van der Waals surface area contributed by atoms with Crippen LogP contribution >= 0.6 is 0 Å². The lowest BCUT2D eigenvalue weighted by atomic mass is 9.99. The first kappa shape index (κ1) is 14.8. The van der Waals surface area contributed by atoms with Crippen LogP contribution in [-0.2, 0) is 0 Å². The molecule has 0 aliphatic carbocycles. The molecule has 1 aliphatic heterocycles. The Balaban J connectivity index is 1.85. The Morgan fingerprint density at radius 3 is 3.00 bits per heavy atom. The normalized spacial score (nSPS) is 21.3. The Morgan fingerprint density at radius 1 is 1.45 bits per heavy atom. The molecule has 0 spiro atoms. The second-order valence-electron chi connectivity index (χ2n) is 5.73. The topological polar surface area (TPSA) is 58.4 Å². The molecule has 0 bridgehead atoms. The van der Waals surface area contributed by atoms with Gasteiger partial charge in [0.2, 0.25) is 0 Å². The highest BCUT2D eigenvalue weighted by atomic mass is 16.3. The van der Waals surface area contributed by atoms with Gasteiger partial charge in [-0.15, -0.1) is 0 Å². The maximum Gasteiger partial charge on any atom is 0.254 e. The Bertz CT molecular complexity index is 639. The average molecular weight is 299 g/mol. The molecule has 1 aromatic heterocycles. The third kappa shape index (κ3) is 2.64. The predicted octanol–water partition coefficient (Wildman–Crippen LogP) is 2.11. The molecule has 1 N–H and O–H groups in total. The summed E-state index contributed by atoms with van der Waals surface area (Å²) in [5.41, 5.74) is 1.61. The van der Waals surface area contributed by atoms with Crippen molar-refractivity contribution in [2.24, 2.45) is 5.92 Å². The van der Waals surface area contributed by atoms with Crippen molar-refractivity contribution in [1.29, 1.82) is 0 Å². The molecule has 1 aromatic carbocycles. The molecular weight excluding hydrogens is 278 g/mol. The van der Waals surface area contributed by atoms with Gasteiger partial charge in [-0.3, -0.25) is 4.79 Å². The van der Waals surface area contributed by atoms with Gasteiger partial charge in [0.05, 0.1) is 6.33 Å². The second-order valence-corrected chi connectivity index (χ2v) is 5.73. The molecule has 2 unspecified atom stereocenters. The number of aromatic nitrogens is 2. The van der Waals surface area contributed by atoms with Crippen LogP contribution in [-0.4, -0.2) is 44.7 Å².